The predicted octanol–water partition coefficient (Wildman–Crippen LogP) is 3.80. The fourth-order valence-electron chi connectivity index (χ4n) is 1.58. The van der Waals surface area contributed by atoms with Gasteiger partial charge in [0.05, 0.1) is 11.4 Å². The largest absolute Gasteiger partial charge is 0.380 e. The van der Waals surface area contributed by atoms with Crippen LogP contribution in [0.3, 0.4) is 0 Å². The number of nitrogens with zero attached hydrogens (tertiary/aromatic N) is 3. The van der Waals surface area contributed by atoms with Crippen LogP contribution >= 0.6 is 0 Å². The second-order valence-corrected chi connectivity index (χ2v) is 4.06. The molecule has 5 nitrogen and oxygen atoms in total. The van der Waals surface area contributed by atoms with Gasteiger partial charge in [-0.1, -0.05) is 6.08 Å². The predicted molar refractivity (Wildman–Crippen MR) is 72.1 cm³/mol. The molecular weight excluding hydrogens is 264 g/mol. The lowest BCUT2D eigenvalue weighted by Gasteiger charge is -1.97. The molecule has 0 amide bonds. The van der Waals surface area contributed by atoms with Crippen LogP contribution in [0.2, 0.25) is 0 Å². The van der Waals surface area contributed by atoms with E-state index in [0.29, 0.717) is 17.8 Å². The summed E-state index contributed by atoms with van der Waals surface area (Å²) < 4.78 is 25.8. The summed E-state index contributed by atoms with van der Waals surface area (Å²) in [6.07, 6.45) is 3.13. The number of aryl methyl sites for hydroxylation is 1. The number of nitrogen functional groups attached to an aromatic ring is 1. The molecule has 1 heterocycles. The molecule has 20 heavy (non-hydrogen) atoms. The van der Waals surface area contributed by atoms with Gasteiger partial charge >= 0.3 is 0 Å². The molecule has 104 valence electrons. The minimum atomic E-state index is -0.978. The molecule has 0 aliphatic rings. The zero-order valence-corrected chi connectivity index (χ0v) is 10.6. The molecule has 0 radical (unpaired) electrons. The third-order valence-corrected chi connectivity index (χ3v) is 2.61. The molecule has 0 atom stereocenters. The Bertz CT molecular complexity index is 648. The van der Waals surface area contributed by atoms with Crippen molar-refractivity contribution < 1.29 is 8.78 Å². The van der Waals surface area contributed by atoms with Crippen molar-refractivity contribution in [2.45, 2.75) is 12.8 Å². The van der Waals surface area contributed by atoms with Gasteiger partial charge in [-0.2, -0.15) is 10.2 Å². The van der Waals surface area contributed by atoms with Crippen molar-refractivity contribution >= 4 is 17.2 Å². The van der Waals surface area contributed by atoms with Gasteiger partial charge < -0.3 is 5.73 Å². The van der Waals surface area contributed by atoms with Crippen molar-refractivity contribution in [3.63, 3.8) is 0 Å². The number of hydrogen-bond donors (Lipinski definition) is 2. The molecule has 1 aromatic carbocycles. The second kappa shape index (κ2) is 6.05. The molecule has 0 aliphatic heterocycles. The standard InChI is InChI=1S/C13H13F2N5/c1-2-3-4-11-12(13(16)20-18-11)19-17-8-5-6-9(14)10(15)7-8/h2,5-7H,1,3-4H2,(H3,16,18,20). The molecule has 1 aromatic heterocycles. The maximum absolute atomic E-state index is 13.0. The van der Waals surface area contributed by atoms with Gasteiger partial charge in [0.25, 0.3) is 0 Å². The summed E-state index contributed by atoms with van der Waals surface area (Å²) >= 11 is 0. The summed E-state index contributed by atoms with van der Waals surface area (Å²) in [5, 5.41) is 14.4. The molecule has 3 N–H and O–H groups in total. The molecular formula is C13H13F2N5. The minimum Gasteiger partial charge on any atom is -0.380 e. The number of allylic oxidation sites excluding steroid dienone is 1. The lowest BCUT2D eigenvalue weighted by Crippen LogP contribution is -1.85. The van der Waals surface area contributed by atoms with E-state index < -0.39 is 11.6 Å². The summed E-state index contributed by atoms with van der Waals surface area (Å²) in [7, 11) is 0. The molecule has 0 saturated heterocycles. The molecule has 7 heteroatoms. The number of benzene rings is 1. The molecule has 0 fully saturated rings. The Balaban J connectivity index is 2.24. The van der Waals surface area contributed by atoms with Crippen LogP contribution in [-0.4, -0.2) is 10.2 Å². The Morgan fingerprint density at radius 1 is 1.30 bits per heavy atom. The number of rotatable bonds is 5. The van der Waals surface area contributed by atoms with Crippen LogP contribution in [0.5, 0.6) is 0 Å². The molecule has 0 bridgehead atoms. The maximum atomic E-state index is 13.0. The number of azo groups is 1. The average molecular weight is 277 g/mol. The van der Waals surface area contributed by atoms with E-state index in [4.69, 9.17) is 5.73 Å². The van der Waals surface area contributed by atoms with Crippen LogP contribution in [-0.2, 0) is 6.42 Å². The fraction of sp³-hybridized carbons (Fsp3) is 0.154. The maximum Gasteiger partial charge on any atom is 0.173 e. The fourth-order valence-corrected chi connectivity index (χ4v) is 1.58. The zero-order chi connectivity index (χ0) is 14.5. The van der Waals surface area contributed by atoms with Crippen LogP contribution in [0.4, 0.5) is 26.0 Å². The Labute approximate surface area is 114 Å². The lowest BCUT2D eigenvalue weighted by atomic mass is 10.2. The smallest absolute Gasteiger partial charge is 0.173 e. The Morgan fingerprint density at radius 2 is 2.10 bits per heavy atom. The van der Waals surface area contributed by atoms with E-state index in [9.17, 15) is 8.78 Å². The second-order valence-electron chi connectivity index (χ2n) is 4.06. The van der Waals surface area contributed by atoms with Gasteiger partial charge in [-0.05, 0) is 25.0 Å². The summed E-state index contributed by atoms with van der Waals surface area (Å²) in [4.78, 5) is 0. The monoisotopic (exact) mass is 277 g/mol. The molecule has 0 aliphatic carbocycles. The van der Waals surface area contributed by atoms with Crippen molar-refractivity contribution in [1.29, 1.82) is 0 Å². The number of nitrogens with one attached hydrogen (secondary N) is 1. The zero-order valence-electron chi connectivity index (χ0n) is 10.6. The van der Waals surface area contributed by atoms with Gasteiger partial charge in [-0.25, -0.2) is 8.78 Å². The molecule has 2 rings (SSSR count). The van der Waals surface area contributed by atoms with E-state index in [1.165, 1.54) is 6.07 Å². The van der Waals surface area contributed by atoms with Gasteiger partial charge in [0.15, 0.2) is 23.1 Å². The quantitative estimate of drug-likeness (QED) is 0.643. The first kappa shape index (κ1) is 13.9. The highest BCUT2D eigenvalue weighted by atomic mass is 19.2. The van der Waals surface area contributed by atoms with Crippen molar-refractivity contribution in [2.24, 2.45) is 10.2 Å². The van der Waals surface area contributed by atoms with Crippen LogP contribution < -0.4 is 5.73 Å². The minimum absolute atomic E-state index is 0.194. The van der Waals surface area contributed by atoms with E-state index in [0.717, 1.165) is 18.6 Å². The summed E-state index contributed by atoms with van der Waals surface area (Å²) in [5.41, 5.74) is 6.98. The van der Waals surface area contributed by atoms with Gasteiger partial charge in [0, 0.05) is 6.07 Å². The Kier molecular flexibility index (Phi) is 4.19. The summed E-state index contributed by atoms with van der Waals surface area (Å²) in [6, 6.07) is 3.27. The number of halogens is 2. The van der Waals surface area contributed by atoms with E-state index in [-0.39, 0.29) is 11.5 Å². The first-order valence-corrected chi connectivity index (χ1v) is 5.92. The van der Waals surface area contributed by atoms with E-state index in [1.54, 1.807) is 6.08 Å². The highest BCUT2D eigenvalue weighted by Gasteiger charge is 2.09. The Hall–Kier alpha value is -2.57. The number of nitrogens with two attached hydrogens (primary N) is 1. The Morgan fingerprint density at radius 3 is 2.80 bits per heavy atom. The number of aromatic amines is 1. The van der Waals surface area contributed by atoms with Crippen molar-refractivity contribution in [3.05, 3.63) is 48.2 Å². The molecule has 2 aromatic rings. The molecule has 0 spiro atoms. The lowest BCUT2D eigenvalue weighted by molar-refractivity contribution is 0.509. The molecule has 0 unspecified atom stereocenters. The van der Waals surface area contributed by atoms with Crippen LogP contribution in [0.1, 0.15) is 12.1 Å². The van der Waals surface area contributed by atoms with Crippen LogP contribution in [0.15, 0.2) is 41.1 Å². The topological polar surface area (TPSA) is 79.4 Å². The third-order valence-electron chi connectivity index (χ3n) is 2.61. The van der Waals surface area contributed by atoms with Gasteiger partial charge in [0.2, 0.25) is 0 Å². The number of H-pyrrole nitrogens is 1. The highest BCUT2D eigenvalue weighted by Crippen LogP contribution is 2.28. The number of hydrogen-bond acceptors (Lipinski definition) is 4. The van der Waals surface area contributed by atoms with E-state index >= 15 is 0 Å². The number of aromatic nitrogens is 2. The van der Waals surface area contributed by atoms with Gasteiger partial charge in [0.1, 0.15) is 0 Å². The van der Waals surface area contributed by atoms with Gasteiger partial charge in [-0.15, -0.1) is 11.7 Å². The third kappa shape index (κ3) is 3.05. The summed E-state index contributed by atoms with van der Waals surface area (Å²) in [5.74, 6) is -1.71. The van der Waals surface area contributed by atoms with Crippen LogP contribution in [0, 0.1) is 11.6 Å². The van der Waals surface area contributed by atoms with E-state index in [2.05, 4.69) is 27.0 Å². The first-order valence-electron chi connectivity index (χ1n) is 5.92. The highest BCUT2D eigenvalue weighted by molar-refractivity contribution is 5.60. The van der Waals surface area contributed by atoms with Crippen LogP contribution in [0.25, 0.3) is 0 Å². The van der Waals surface area contributed by atoms with Crippen molar-refractivity contribution in [2.75, 3.05) is 5.73 Å². The molecule has 0 saturated carbocycles. The average Bonchev–Trinajstić information content (AvgIpc) is 2.78. The SMILES string of the molecule is C=CCCc1[nH]nc(N)c1N=Nc1ccc(F)c(F)c1. The normalized spacial score (nSPS) is 11.1. The first-order chi connectivity index (χ1) is 9.61. The van der Waals surface area contributed by atoms with E-state index in [1.807, 2.05) is 0 Å². The van der Waals surface area contributed by atoms with Crippen molar-refractivity contribution in [3.8, 4) is 0 Å². The summed E-state index contributed by atoms with van der Waals surface area (Å²) in [6.45, 7) is 3.63. The van der Waals surface area contributed by atoms with Gasteiger partial charge in [-0.3, -0.25) is 5.10 Å². The van der Waals surface area contributed by atoms with Crippen molar-refractivity contribution in [1.82, 2.24) is 10.2 Å². The number of anilines is 1.